The van der Waals surface area contributed by atoms with Gasteiger partial charge in [0.05, 0.1) is 5.54 Å². The zero-order chi connectivity index (χ0) is 21.8. The predicted molar refractivity (Wildman–Crippen MR) is 138 cm³/mol. The minimum Gasteiger partial charge on any atom is -0.338 e. The minimum atomic E-state index is -0.358. The summed E-state index contributed by atoms with van der Waals surface area (Å²) in [6, 6.07) is 32.7. The van der Waals surface area contributed by atoms with Gasteiger partial charge in [-0.25, -0.2) is 9.97 Å². The molecule has 0 atom stereocenters. The molecule has 0 radical (unpaired) electrons. The lowest BCUT2D eigenvalue weighted by Crippen LogP contribution is -2.57. The average molecular weight is 532 g/mol. The highest BCUT2D eigenvalue weighted by Gasteiger charge is 2.43. The molecular weight excluding hydrogens is 507 g/mol. The molecule has 32 heavy (non-hydrogen) atoms. The van der Waals surface area contributed by atoms with Crippen LogP contribution in [0.2, 0.25) is 0 Å². The summed E-state index contributed by atoms with van der Waals surface area (Å²) in [5.41, 5.74) is 3.51. The molecule has 1 aliphatic rings. The van der Waals surface area contributed by atoms with Crippen molar-refractivity contribution in [1.82, 2.24) is 14.9 Å². The Morgan fingerprint density at radius 3 is 1.41 bits per heavy atom. The van der Waals surface area contributed by atoms with Crippen molar-refractivity contribution in [2.24, 2.45) is 0 Å². The largest absolute Gasteiger partial charge is 0.338 e. The van der Waals surface area contributed by atoms with Gasteiger partial charge in [0.2, 0.25) is 5.95 Å². The van der Waals surface area contributed by atoms with Gasteiger partial charge < -0.3 is 4.90 Å². The second-order valence-corrected chi connectivity index (χ2v) is 9.23. The number of rotatable bonds is 5. The van der Waals surface area contributed by atoms with Gasteiger partial charge in [-0.1, -0.05) is 91.0 Å². The summed E-state index contributed by atoms with van der Waals surface area (Å²) in [4.78, 5) is 14.0. The van der Waals surface area contributed by atoms with Crippen LogP contribution in [0.3, 0.4) is 0 Å². The highest BCUT2D eigenvalue weighted by atomic mass is 127. The van der Waals surface area contributed by atoms with Crippen LogP contribution in [0.4, 0.5) is 5.95 Å². The Bertz CT molecular complexity index is 1030. The summed E-state index contributed by atoms with van der Waals surface area (Å²) >= 11 is 2.25. The molecule has 0 spiro atoms. The van der Waals surface area contributed by atoms with E-state index in [2.05, 4.69) is 133 Å². The molecule has 3 aromatic carbocycles. The first-order chi connectivity index (χ1) is 15.8. The van der Waals surface area contributed by atoms with Gasteiger partial charge in [0.15, 0.2) is 0 Å². The fraction of sp³-hybridized carbons (Fsp3) is 0.185. The molecule has 5 heteroatoms. The average Bonchev–Trinajstić information content (AvgIpc) is 2.88. The molecule has 1 saturated heterocycles. The second kappa shape index (κ2) is 9.38. The smallest absolute Gasteiger partial charge is 0.225 e. The Balaban J connectivity index is 1.58. The highest BCUT2D eigenvalue weighted by molar-refractivity contribution is 14.1. The Morgan fingerprint density at radius 2 is 1.00 bits per heavy atom. The number of nitrogens with zero attached hydrogens (tertiary/aromatic N) is 4. The zero-order valence-electron chi connectivity index (χ0n) is 17.8. The van der Waals surface area contributed by atoms with Crippen LogP contribution in [-0.4, -0.2) is 41.0 Å². The number of benzene rings is 3. The number of hydrogen-bond donors (Lipinski definition) is 0. The first kappa shape index (κ1) is 21.1. The molecule has 0 aliphatic carbocycles. The normalized spacial score (nSPS) is 15.0. The molecule has 5 rings (SSSR count). The van der Waals surface area contributed by atoms with Gasteiger partial charge in [0.25, 0.3) is 0 Å². The standard InChI is InChI=1S/C27H25IN4/c28-25-20-29-26(30-21-25)31-16-18-32(19-17-31)27(22-10-4-1-5-11-22,23-12-6-2-7-13-23)24-14-8-3-9-15-24/h1-15,20-21H,16-19H2. The van der Waals surface area contributed by atoms with Gasteiger partial charge >= 0.3 is 0 Å². The number of halogens is 1. The molecule has 160 valence electrons. The molecule has 1 aliphatic heterocycles. The topological polar surface area (TPSA) is 32.3 Å². The summed E-state index contributed by atoms with van der Waals surface area (Å²) in [6.45, 7) is 3.59. The van der Waals surface area contributed by atoms with Crippen molar-refractivity contribution in [2.75, 3.05) is 31.1 Å². The van der Waals surface area contributed by atoms with Crippen LogP contribution in [-0.2, 0) is 5.54 Å². The monoisotopic (exact) mass is 532 g/mol. The third-order valence-corrected chi connectivity index (χ3v) is 6.78. The van der Waals surface area contributed by atoms with Crippen molar-refractivity contribution < 1.29 is 0 Å². The van der Waals surface area contributed by atoms with Crippen molar-refractivity contribution in [3.05, 3.63) is 124 Å². The first-order valence-corrected chi connectivity index (χ1v) is 12.0. The molecule has 0 amide bonds. The summed E-state index contributed by atoms with van der Waals surface area (Å²) in [6.07, 6.45) is 3.77. The molecule has 0 unspecified atom stereocenters. The van der Waals surface area contributed by atoms with E-state index in [4.69, 9.17) is 0 Å². The van der Waals surface area contributed by atoms with E-state index in [9.17, 15) is 0 Å². The van der Waals surface area contributed by atoms with E-state index >= 15 is 0 Å². The number of piperazine rings is 1. The lowest BCUT2D eigenvalue weighted by Gasteiger charge is -2.49. The molecule has 1 aromatic heterocycles. The number of hydrogen-bond acceptors (Lipinski definition) is 4. The van der Waals surface area contributed by atoms with Gasteiger partial charge in [0.1, 0.15) is 0 Å². The summed E-state index contributed by atoms with van der Waals surface area (Å²) in [7, 11) is 0. The van der Waals surface area contributed by atoms with E-state index in [-0.39, 0.29) is 5.54 Å². The van der Waals surface area contributed by atoms with Crippen molar-refractivity contribution in [3.63, 3.8) is 0 Å². The molecule has 0 saturated carbocycles. The van der Waals surface area contributed by atoms with Crippen molar-refractivity contribution in [2.45, 2.75) is 5.54 Å². The summed E-state index contributed by atoms with van der Waals surface area (Å²) < 4.78 is 1.06. The molecule has 4 nitrogen and oxygen atoms in total. The van der Waals surface area contributed by atoms with E-state index in [1.54, 1.807) is 0 Å². The van der Waals surface area contributed by atoms with Crippen molar-refractivity contribution in [1.29, 1.82) is 0 Å². The summed E-state index contributed by atoms with van der Waals surface area (Å²) in [5, 5.41) is 0. The van der Waals surface area contributed by atoms with Crippen LogP contribution in [0.15, 0.2) is 103 Å². The van der Waals surface area contributed by atoms with Crippen LogP contribution < -0.4 is 4.90 Å². The maximum absolute atomic E-state index is 4.55. The van der Waals surface area contributed by atoms with Crippen molar-refractivity contribution >= 4 is 28.5 Å². The van der Waals surface area contributed by atoms with Crippen LogP contribution in [0.1, 0.15) is 16.7 Å². The minimum absolute atomic E-state index is 0.358. The summed E-state index contributed by atoms with van der Waals surface area (Å²) in [5.74, 6) is 0.815. The van der Waals surface area contributed by atoms with E-state index in [1.165, 1.54) is 16.7 Å². The van der Waals surface area contributed by atoms with Crippen molar-refractivity contribution in [3.8, 4) is 0 Å². The molecule has 0 bridgehead atoms. The maximum Gasteiger partial charge on any atom is 0.225 e. The van der Waals surface area contributed by atoms with Gasteiger partial charge in [0, 0.05) is 42.1 Å². The Labute approximate surface area is 203 Å². The van der Waals surface area contributed by atoms with Gasteiger partial charge in [-0.15, -0.1) is 0 Å². The van der Waals surface area contributed by atoms with Crippen LogP contribution in [0.5, 0.6) is 0 Å². The first-order valence-electron chi connectivity index (χ1n) is 10.9. The van der Waals surface area contributed by atoms with Gasteiger partial charge in [-0.3, -0.25) is 4.90 Å². The third-order valence-electron chi connectivity index (χ3n) is 6.22. The second-order valence-electron chi connectivity index (χ2n) is 7.98. The van der Waals surface area contributed by atoms with E-state index in [1.807, 2.05) is 12.4 Å². The van der Waals surface area contributed by atoms with Gasteiger partial charge in [-0.2, -0.15) is 0 Å². The quantitative estimate of drug-likeness (QED) is 0.262. The van der Waals surface area contributed by atoms with E-state index < -0.39 is 0 Å². The highest BCUT2D eigenvalue weighted by Crippen LogP contribution is 2.42. The van der Waals surface area contributed by atoms with Gasteiger partial charge in [-0.05, 0) is 39.3 Å². The zero-order valence-corrected chi connectivity index (χ0v) is 20.0. The lowest BCUT2D eigenvalue weighted by atomic mass is 9.75. The molecule has 4 aromatic rings. The number of anilines is 1. The molecule has 0 N–H and O–H groups in total. The van der Waals surface area contributed by atoms with Crippen LogP contribution in [0, 0.1) is 3.57 Å². The predicted octanol–water partition coefficient (Wildman–Crippen LogP) is 5.20. The third kappa shape index (κ3) is 3.91. The number of aromatic nitrogens is 2. The van der Waals surface area contributed by atoms with E-state index in [0.717, 1.165) is 35.7 Å². The Morgan fingerprint density at radius 1 is 0.594 bits per heavy atom. The molecule has 1 fully saturated rings. The molecule has 2 heterocycles. The maximum atomic E-state index is 4.55. The van der Waals surface area contributed by atoms with E-state index in [0.29, 0.717) is 0 Å². The van der Waals surface area contributed by atoms with Crippen LogP contribution >= 0.6 is 22.6 Å². The Kier molecular flexibility index (Phi) is 6.19. The SMILES string of the molecule is Ic1cnc(N2CCN(C(c3ccccc3)(c3ccccc3)c3ccccc3)CC2)nc1. The van der Waals surface area contributed by atoms with Crippen LogP contribution in [0.25, 0.3) is 0 Å². The fourth-order valence-electron chi connectivity index (χ4n) is 4.80. The Hall–Kier alpha value is -2.77. The molecular formula is C27H25IN4. The lowest BCUT2D eigenvalue weighted by molar-refractivity contribution is 0.146. The fourth-order valence-corrected chi connectivity index (χ4v) is 5.07.